The average Bonchev–Trinajstić information content (AvgIpc) is 3.19. The second kappa shape index (κ2) is 9.57. The van der Waals surface area contributed by atoms with Crippen LogP contribution in [0.25, 0.3) is 0 Å². The fraction of sp³-hybridized carbons (Fsp3) is 0.417. The lowest BCUT2D eigenvalue weighted by atomic mass is 9.96. The minimum absolute atomic E-state index is 0.184. The summed E-state index contributed by atoms with van der Waals surface area (Å²) >= 11 is 0. The van der Waals surface area contributed by atoms with Crippen molar-refractivity contribution in [3.05, 3.63) is 77.4 Å². The molecule has 1 N–H and O–H groups in total. The second-order valence-electron chi connectivity index (χ2n) is 8.29. The maximum atomic E-state index is 12.9. The molecule has 0 heterocycles. The van der Waals surface area contributed by atoms with Gasteiger partial charge in [0.2, 0.25) is 0 Å². The van der Waals surface area contributed by atoms with E-state index in [1.54, 1.807) is 18.2 Å². The molecule has 0 aromatic heterocycles. The third-order valence-electron chi connectivity index (χ3n) is 5.92. The molecule has 168 valence electrons. The molecule has 0 amide bonds. The molecule has 0 bridgehead atoms. The number of allylic oxidation sites excluding steroid dienone is 1. The van der Waals surface area contributed by atoms with Gasteiger partial charge in [-0.2, -0.15) is 13.2 Å². The fourth-order valence-electron chi connectivity index (χ4n) is 4.09. The van der Waals surface area contributed by atoms with Crippen LogP contribution in [0.15, 0.2) is 65.6 Å². The van der Waals surface area contributed by atoms with Gasteiger partial charge in [0.15, 0.2) is 9.84 Å². The summed E-state index contributed by atoms with van der Waals surface area (Å²) in [5, 5.41) is 3.25. The number of nitrogens with one attached hydrogen (secondary N) is 1. The summed E-state index contributed by atoms with van der Waals surface area (Å²) in [7, 11) is -3.18. The van der Waals surface area contributed by atoms with Crippen molar-refractivity contribution in [1.29, 1.82) is 0 Å². The van der Waals surface area contributed by atoms with Crippen LogP contribution in [0.4, 0.5) is 13.2 Å². The van der Waals surface area contributed by atoms with Crippen molar-refractivity contribution in [1.82, 2.24) is 5.32 Å². The number of hydrogen-bond acceptors (Lipinski definition) is 3. The summed E-state index contributed by atoms with van der Waals surface area (Å²) in [5.41, 5.74) is 1.15. The van der Waals surface area contributed by atoms with E-state index in [-0.39, 0.29) is 6.04 Å². The zero-order chi connectivity index (χ0) is 22.6. The summed E-state index contributed by atoms with van der Waals surface area (Å²) in [6.45, 7) is 2.44. The van der Waals surface area contributed by atoms with E-state index in [1.165, 1.54) is 24.0 Å². The van der Waals surface area contributed by atoms with Crippen LogP contribution < -0.4 is 5.32 Å². The predicted octanol–water partition coefficient (Wildman–Crippen LogP) is 5.90. The highest BCUT2D eigenvalue weighted by atomic mass is 32.2. The van der Waals surface area contributed by atoms with Crippen molar-refractivity contribution in [3.63, 3.8) is 0 Å². The molecule has 0 radical (unpaired) electrons. The molecule has 2 aromatic rings. The van der Waals surface area contributed by atoms with Crippen molar-refractivity contribution in [2.45, 2.75) is 49.2 Å². The Labute approximate surface area is 182 Å². The fourth-order valence-corrected chi connectivity index (χ4v) is 4.72. The molecule has 31 heavy (non-hydrogen) atoms. The van der Waals surface area contributed by atoms with Gasteiger partial charge < -0.3 is 5.32 Å². The summed E-state index contributed by atoms with van der Waals surface area (Å²) < 4.78 is 61.8. The third-order valence-corrected chi connectivity index (χ3v) is 7.05. The van der Waals surface area contributed by atoms with Crippen LogP contribution in [0.3, 0.4) is 0 Å². The van der Waals surface area contributed by atoms with E-state index in [9.17, 15) is 21.6 Å². The number of halogens is 3. The molecule has 3 atom stereocenters. The molecule has 1 aliphatic rings. The molecular formula is C24H28F3NO2S. The molecule has 3 nitrogen and oxygen atoms in total. The Balaban J connectivity index is 1.49. The van der Waals surface area contributed by atoms with Gasteiger partial charge in [0.1, 0.15) is 0 Å². The van der Waals surface area contributed by atoms with Gasteiger partial charge in [-0.1, -0.05) is 36.4 Å². The lowest BCUT2D eigenvalue weighted by Crippen LogP contribution is -2.19. The van der Waals surface area contributed by atoms with E-state index in [2.05, 4.69) is 11.4 Å². The monoisotopic (exact) mass is 451 g/mol. The third kappa shape index (κ3) is 6.43. The second-order valence-corrected chi connectivity index (χ2v) is 10.3. The number of benzene rings is 2. The van der Waals surface area contributed by atoms with Gasteiger partial charge in [-0.25, -0.2) is 8.42 Å². The Morgan fingerprint density at radius 2 is 1.84 bits per heavy atom. The van der Waals surface area contributed by atoms with Crippen molar-refractivity contribution < 1.29 is 21.6 Å². The molecule has 1 fully saturated rings. The van der Waals surface area contributed by atoms with Crippen LogP contribution in [0.5, 0.6) is 0 Å². The molecule has 1 saturated carbocycles. The molecule has 1 aliphatic carbocycles. The van der Waals surface area contributed by atoms with Gasteiger partial charge in [0, 0.05) is 18.8 Å². The standard InChI is InChI=1S/C24H28F3NO2S/c1-17(20-6-3-7-22(16-20)24(25,26)27)28-14-4-5-18-8-9-21(15-18)19-10-12-23(13-11-19)31(2,29)30/h3-7,10-13,16-18,21,28H,8-9,14-15H2,1-2H3/b5-4+/t17-,18?,21+/m1/s1. The Bertz CT molecular complexity index is 1010. The van der Waals surface area contributed by atoms with Crippen LogP contribution in [-0.2, 0) is 16.0 Å². The summed E-state index contributed by atoms with van der Waals surface area (Å²) in [6.07, 6.45) is 4.23. The minimum Gasteiger partial charge on any atom is -0.307 e. The van der Waals surface area contributed by atoms with Crippen molar-refractivity contribution in [3.8, 4) is 0 Å². The predicted molar refractivity (Wildman–Crippen MR) is 117 cm³/mol. The average molecular weight is 452 g/mol. The van der Waals surface area contributed by atoms with E-state index >= 15 is 0 Å². The van der Waals surface area contributed by atoms with Gasteiger partial charge in [-0.15, -0.1) is 0 Å². The Kier molecular flexibility index (Phi) is 7.27. The zero-order valence-electron chi connectivity index (χ0n) is 17.7. The van der Waals surface area contributed by atoms with Gasteiger partial charge >= 0.3 is 6.18 Å². The summed E-state index contributed by atoms with van der Waals surface area (Å²) in [6, 6.07) is 12.4. The van der Waals surface area contributed by atoms with E-state index < -0.39 is 21.6 Å². The first kappa shape index (κ1) is 23.5. The SMILES string of the molecule is C[C@@H](NC/C=C/C1CC[C@H](c2ccc(S(C)(=O)=O)cc2)C1)c1cccc(C(F)(F)F)c1. The summed E-state index contributed by atoms with van der Waals surface area (Å²) in [4.78, 5) is 0.339. The van der Waals surface area contributed by atoms with E-state index in [4.69, 9.17) is 0 Å². The number of rotatable bonds is 7. The largest absolute Gasteiger partial charge is 0.416 e. The van der Waals surface area contributed by atoms with Crippen LogP contribution >= 0.6 is 0 Å². The molecule has 0 saturated heterocycles. The highest BCUT2D eigenvalue weighted by Crippen LogP contribution is 2.39. The molecule has 0 spiro atoms. The van der Waals surface area contributed by atoms with Crippen molar-refractivity contribution in [2.75, 3.05) is 12.8 Å². The van der Waals surface area contributed by atoms with Crippen LogP contribution in [-0.4, -0.2) is 21.2 Å². The van der Waals surface area contributed by atoms with Crippen LogP contribution in [0.2, 0.25) is 0 Å². The van der Waals surface area contributed by atoms with Crippen molar-refractivity contribution >= 4 is 9.84 Å². The Hall–Kier alpha value is -2.12. The maximum absolute atomic E-state index is 12.9. The number of alkyl halides is 3. The smallest absolute Gasteiger partial charge is 0.307 e. The molecule has 1 unspecified atom stereocenters. The van der Waals surface area contributed by atoms with Crippen LogP contribution in [0, 0.1) is 5.92 Å². The van der Waals surface area contributed by atoms with E-state index in [0.29, 0.717) is 28.8 Å². The lowest BCUT2D eigenvalue weighted by Gasteiger charge is -2.15. The molecule has 3 rings (SSSR count). The molecule has 0 aliphatic heterocycles. The van der Waals surface area contributed by atoms with Gasteiger partial charge in [-0.05, 0) is 73.4 Å². The van der Waals surface area contributed by atoms with Gasteiger partial charge in [0.05, 0.1) is 10.5 Å². The van der Waals surface area contributed by atoms with Crippen LogP contribution in [0.1, 0.15) is 54.8 Å². The first-order valence-electron chi connectivity index (χ1n) is 10.4. The van der Waals surface area contributed by atoms with Gasteiger partial charge in [-0.3, -0.25) is 0 Å². The Morgan fingerprint density at radius 3 is 2.48 bits per heavy atom. The maximum Gasteiger partial charge on any atom is 0.416 e. The first-order chi connectivity index (χ1) is 14.5. The van der Waals surface area contributed by atoms with E-state index in [0.717, 1.165) is 25.3 Å². The lowest BCUT2D eigenvalue weighted by molar-refractivity contribution is -0.137. The molecule has 7 heteroatoms. The quantitative estimate of drug-likeness (QED) is 0.533. The topological polar surface area (TPSA) is 46.2 Å². The number of sulfone groups is 1. The Morgan fingerprint density at radius 1 is 1.13 bits per heavy atom. The number of hydrogen-bond donors (Lipinski definition) is 1. The first-order valence-corrected chi connectivity index (χ1v) is 12.3. The highest BCUT2D eigenvalue weighted by Gasteiger charge is 2.30. The zero-order valence-corrected chi connectivity index (χ0v) is 18.5. The molecular weight excluding hydrogens is 423 g/mol. The molecule has 2 aromatic carbocycles. The summed E-state index contributed by atoms with van der Waals surface area (Å²) in [5.74, 6) is 0.866. The highest BCUT2D eigenvalue weighted by molar-refractivity contribution is 7.90. The normalized spacial score (nSPS) is 20.9. The van der Waals surface area contributed by atoms with Gasteiger partial charge in [0.25, 0.3) is 0 Å². The minimum atomic E-state index is -4.33. The van der Waals surface area contributed by atoms with E-state index in [1.807, 2.05) is 25.1 Å². The van der Waals surface area contributed by atoms with Crippen molar-refractivity contribution in [2.24, 2.45) is 5.92 Å².